The Labute approximate surface area is 392 Å². The maximum atomic E-state index is 3.66. The number of anilines is 3. The molecule has 1 heterocycles. The van der Waals surface area contributed by atoms with Gasteiger partial charge in [-0.25, -0.2) is 0 Å². The Morgan fingerprint density at radius 3 is 1.61 bits per heavy atom. The lowest BCUT2D eigenvalue weighted by Crippen LogP contribution is -2.09. The molecule has 1 aromatic heterocycles. The molecule has 10 aromatic rings. The molecule has 0 radical (unpaired) electrons. The predicted octanol–water partition coefficient (Wildman–Crippen LogP) is 18.8. The first-order valence-electron chi connectivity index (χ1n) is 22.5. The number of hydrogen-bond acceptors (Lipinski definition) is 2. The summed E-state index contributed by atoms with van der Waals surface area (Å²) in [6, 6.07) is 73.6. The number of fused-ring (bicyclic) bond motifs is 6. The molecule has 9 aromatic carbocycles. The topological polar surface area (TPSA) is 3.24 Å². The van der Waals surface area contributed by atoms with E-state index in [9.17, 15) is 0 Å². The fourth-order valence-electron chi connectivity index (χ4n) is 8.94. The van der Waals surface area contributed by atoms with Gasteiger partial charge in [0.2, 0.25) is 0 Å². The molecular weight excluding hydrogens is 815 g/mol. The Kier molecular flexibility index (Phi) is 12.1. The predicted molar refractivity (Wildman–Crippen MR) is 289 cm³/mol. The summed E-state index contributed by atoms with van der Waals surface area (Å²) in [5.41, 5.74) is 16.8. The van der Waals surface area contributed by atoms with Crippen molar-refractivity contribution in [3.63, 3.8) is 0 Å². The molecule has 0 unspecified atom stereocenters. The van der Waals surface area contributed by atoms with Crippen LogP contribution in [0.5, 0.6) is 0 Å². The lowest BCUT2D eigenvalue weighted by atomic mass is 9.90. The average molecular weight is 864 g/mol. The van der Waals surface area contributed by atoms with Crippen molar-refractivity contribution < 1.29 is 0 Å². The van der Waals surface area contributed by atoms with Crippen LogP contribution in [0.2, 0.25) is 0 Å². The van der Waals surface area contributed by atoms with Gasteiger partial charge < -0.3 is 4.90 Å². The highest BCUT2D eigenvalue weighted by Crippen LogP contribution is 2.40. The Morgan fingerprint density at radius 2 is 0.985 bits per heavy atom. The molecule has 2 heteroatoms. The van der Waals surface area contributed by atoms with E-state index in [0.717, 1.165) is 35.5 Å². The minimum Gasteiger partial charge on any atom is -0.311 e. The lowest BCUT2D eigenvalue weighted by molar-refractivity contribution is 0.990. The zero-order chi connectivity index (χ0) is 44.8. The van der Waals surface area contributed by atoms with E-state index < -0.39 is 0 Å². The third kappa shape index (κ3) is 8.75. The number of benzene rings is 9. The first-order chi connectivity index (χ1) is 32.5. The van der Waals surface area contributed by atoms with Crippen LogP contribution in [0, 0.1) is 0 Å². The van der Waals surface area contributed by atoms with Crippen LogP contribution in [0.25, 0.3) is 81.5 Å². The molecule has 0 spiro atoms. The summed E-state index contributed by atoms with van der Waals surface area (Å²) < 4.78 is 2.66. The molecule has 0 fully saturated rings. The van der Waals surface area contributed by atoms with Crippen LogP contribution in [0.15, 0.2) is 256 Å². The number of allylic oxidation sites excluding steroid dienone is 6. The second-order valence-corrected chi connectivity index (χ2v) is 17.7. The Balaban J connectivity index is 0.000000588. The standard InChI is InChI=1S/C56H39NS.C8H10/c1-2-8-38(9-3-1)40-20-28-48(29-21-40)57(50-32-24-43(25-33-50)46-27-35-56-54(37-46)53-12-6-7-13-55(53)58-56)49-30-22-41(23-31-49)39-14-16-42(17-15-39)45-26-34-52-47(36-45)19-18-44-10-4-5-11-51(44)52;1-4-6-7-8(3)5-2/h1-3,5-9,11-37H,4,10H2;4-7H,1-3H2/b;7-6-. The molecule has 11 rings (SSSR count). The summed E-state index contributed by atoms with van der Waals surface area (Å²) in [4.78, 5) is 2.35. The largest absolute Gasteiger partial charge is 0.311 e. The quantitative estimate of drug-likeness (QED) is 0.124. The van der Waals surface area contributed by atoms with Crippen molar-refractivity contribution in [1.82, 2.24) is 0 Å². The van der Waals surface area contributed by atoms with E-state index in [1.165, 1.54) is 86.6 Å². The summed E-state index contributed by atoms with van der Waals surface area (Å²) in [5, 5.41) is 5.29. The van der Waals surface area contributed by atoms with Gasteiger partial charge in [0, 0.05) is 37.2 Å². The van der Waals surface area contributed by atoms with Gasteiger partial charge in [-0.3, -0.25) is 0 Å². The molecule has 0 aliphatic heterocycles. The maximum absolute atomic E-state index is 3.66. The highest BCUT2D eigenvalue weighted by Gasteiger charge is 2.15. The van der Waals surface area contributed by atoms with Gasteiger partial charge in [-0.05, 0) is 145 Å². The van der Waals surface area contributed by atoms with E-state index >= 15 is 0 Å². The van der Waals surface area contributed by atoms with Crippen molar-refractivity contribution in [2.24, 2.45) is 0 Å². The minimum atomic E-state index is 0.907. The molecule has 1 aliphatic carbocycles. The van der Waals surface area contributed by atoms with Crippen molar-refractivity contribution in [3.05, 3.63) is 267 Å². The van der Waals surface area contributed by atoms with Crippen molar-refractivity contribution >= 4 is 65.4 Å². The molecule has 316 valence electrons. The third-order valence-corrected chi connectivity index (χ3v) is 13.6. The van der Waals surface area contributed by atoms with Gasteiger partial charge in [0.05, 0.1) is 0 Å². The summed E-state index contributed by atoms with van der Waals surface area (Å²) in [5.74, 6) is 0. The molecule has 66 heavy (non-hydrogen) atoms. The Morgan fingerprint density at radius 1 is 0.470 bits per heavy atom. The summed E-state index contributed by atoms with van der Waals surface area (Å²) in [6.45, 7) is 10.7. The van der Waals surface area contributed by atoms with E-state index in [0.29, 0.717) is 0 Å². The highest BCUT2D eigenvalue weighted by atomic mass is 32.1. The monoisotopic (exact) mass is 863 g/mol. The fourth-order valence-corrected chi connectivity index (χ4v) is 10.0. The van der Waals surface area contributed by atoms with Crippen LogP contribution in [-0.2, 0) is 6.42 Å². The van der Waals surface area contributed by atoms with Crippen molar-refractivity contribution in [2.45, 2.75) is 12.8 Å². The Bertz CT molecular complexity index is 3420. The van der Waals surface area contributed by atoms with Crippen molar-refractivity contribution in [2.75, 3.05) is 4.90 Å². The van der Waals surface area contributed by atoms with Crippen molar-refractivity contribution in [3.8, 4) is 44.5 Å². The molecular formula is C64H49NS. The number of nitrogens with zero attached hydrogens (tertiary/aromatic N) is 1. The summed E-state index contributed by atoms with van der Waals surface area (Å²) in [7, 11) is 0. The number of thiophene rings is 1. The van der Waals surface area contributed by atoms with Crippen LogP contribution < -0.4 is 4.90 Å². The van der Waals surface area contributed by atoms with Crippen LogP contribution >= 0.6 is 11.3 Å². The molecule has 1 aliphatic rings. The van der Waals surface area contributed by atoms with Gasteiger partial charge in [-0.1, -0.05) is 196 Å². The lowest BCUT2D eigenvalue weighted by Gasteiger charge is -2.26. The van der Waals surface area contributed by atoms with Crippen molar-refractivity contribution in [1.29, 1.82) is 0 Å². The van der Waals surface area contributed by atoms with E-state index in [2.05, 4.69) is 237 Å². The van der Waals surface area contributed by atoms with E-state index in [4.69, 9.17) is 0 Å². The highest BCUT2D eigenvalue weighted by molar-refractivity contribution is 7.25. The SMILES string of the molecule is C1=Cc2c(ccc3cc(-c4ccc(-c5ccc(N(c6ccc(-c7ccccc7)cc6)c6ccc(-c7ccc8sc9ccccc9c8c7)cc6)cc5)cc4)ccc23)CC1.C=C/C=C\C(=C)C=C. The van der Waals surface area contributed by atoms with Gasteiger partial charge in [-0.2, -0.15) is 0 Å². The third-order valence-electron chi connectivity index (χ3n) is 12.5. The van der Waals surface area contributed by atoms with E-state index in [1.807, 2.05) is 23.5 Å². The first kappa shape index (κ1) is 41.9. The molecule has 0 saturated carbocycles. The van der Waals surface area contributed by atoms with Gasteiger partial charge >= 0.3 is 0 Å². The van der Waals surface area contributed by atoms with Gasteiger partial charge in [0.1, 0.15) is 0 Å². The fraction of sp³-hybridized carbons (Fsp3) is 0.0312. The van der Waals surface area contributed by atoms with Gasteiger partial charge in [-0.15, -0.1) is 11.3 Å². The van der Waals surface area contributed by atoms with Crippen LogP contribution in [-0.4, -0.2) is 0 Å². The Hall–Kier alpha value is -8.04. The normalized spacial score (nSPS) is 11.9. The molecule has 0 bridgehead atoms. The minimum absolute atomic E-state index is 0.907. The molecule has 1 nitrogen and oxygen atoms in total. The van der Waals surface area contributed by atoms with Crippen LogP contribution in [0.3, 0.4) is 0 Å². The second-order valence-electron chi connectivity index (χ2n) is 16.6. The zero-order valence-electron chi connectivity index (χ0n) is 36.9. The van der Waals surface area contributed by atoms with Gasteiger partial charge in [0.25, 0.3) is 0 Å². The maximum Gasteiger partial charge on any atom is 0.0462 e. The molecule has 0 N–H and O–H groups in total. The van der Waals surface area contributed by atoms with E-state index in [1.54, 1.807) is 12.2 Å². The molecule has 0 saturated heterocycles. The molecule has 0 amide bonds. The van der Waals surface area contributed by atoms with E-state index in [-0.39, 0.29) is 0 Å². The summed E-state index contributed by atoms with van der Waals surface area (Å²) in [6.07, 6.45) is 13.9. The summed E-state index contributed by atoms with van der Waals surface area (Å²) >= 11 is 1.86. The van der Waals surface area contributed by atoms with Crippen LogP contribution in [0.1, 0.15) is 17.5 Å². The first-order valence-corrected chi connectivity index (χ1v) is 23.4. The van der Waals surface area contributed by atoms with Crippen LogP contribution in [0.4, 0.5) is 17.1 Å². The second kappa shape index (κ2) is 19.0. The average Bonchev–Trinajstić information content (AvgIpc) is 3.77. The number of aryl methyl sites for hydroxylation is 1. The number of hydrogen-bond donors (Lipinski definition) is 0. The smallest absolute Gasteiger partial charge is 0.0462 e. The van der Waals surface area contributed by atoms with Gasteiger partial charge in [0.15, 0.2) is 0 Å². The zero-order valence-corrected chi connectivity index (χ0v) is 37.7. The molecule has 0 atom stereocenters. The number of rotatable bonds is 10.